The van der Waals surface area contributed by atoms with Gasteiger partial charge in [0.1, 0.15) is 5.69 Å². The summed E-state index contributed by atoms with van der Waals surface area (Å²) < 4.78 is 1.63. The first kappa shape index (κ1) is 12.7. The third-order valence-corrected chi connectivity index (χ3v) is 3.63. The molecule has 1 heterocycles. The second-order valence-electron chi connectivity index (χ2n) is 3.56. The molecule has 17 heavy (non-hydrogen) atoms. The van der Waals surface area contributed by atoms with E-state index >= 15 is 0 Å². The molecule has 90 valence electrons. The molecule has 1 aromatic heterocycles. The molecule has 0 aliphatic heterocycles. The van der Waals surface area contributed by atoms with E-state index < -0.39 is 0 Å². The van der Waals surface area contributed by atoms with Gasteiger partial charge in [-0.15, -0.1) is 16.7 Å². The summed E-state index contributed by atoms with van der Waals surface area (Å²) in [7, 11) is 0. The molecule has 1 atom stereocenters. The Morgan fingerprint density at radius 1 is 1.29 bits per heavy atom. The van der Waals surface area contributed by atoms with Crippen LogP contribution in [0.2, 0.25) is 10.0 Å². The van der Waals surface area contributed by atoms with Crippen LogP contribution in [0.1, 0.15) is 24.4 Å². The van der Waals surface area contributed by atoms with Crippen molar-refractivity contribution in [3.05, 3.63) is 40.1 Å². The second kappa shape index (κ2) is 5.25. The molecule has 0 aliphatic rings. The summed E-state index contributed by atoms with van der Waals surface area (Å²) in [6.45, 7) is 2.00. The van der Waals surface area contributed by atoms with Gasteiger partial charge in [0.05, 0.1) is 27.3 Å². The molecular formula is C11H10Cl3N3. The minimum atomic E-state index is -0.119. The van der Waals surface area contributed by atoms with Crippen LogP contribution in [-0.2, 0) is 0 Å². The van der Waals surface area contributed by atoms with E-state index in [1.54, 1.807) is 23.0 Å². The third-order valence-electron chi connectivity index (χ3n) is 2.36. The topological polar surface area (TPSA) is 30.7 Å². The second-order valence-corrected chi connectivity index (χ2v) is 4.90. The summed E-state index contributed by atoms with van der Waals surface area (Å²) in [5.41, 5.74) is 1.55. The summed E-state index contributed by atoms with van der Waals surface area (Å²) in [6, 6.07) is 5.28. The zero-order chi connectivity index (χ0) is 12.4. The van der Waals surface area contributed by atoms with Gasteiger partial charge in [-0.25, -0.2) is 4.68 Å². The monoisotopic (exact) mass is 289 g/mol. The molecule has 2 rings (SSSR count). The molecule has 2 aromatic rings. The van der Waals surface area contributed by atoms with E-state index in [1.165, 1.54) is 0 Å². The summed E-state index contributed by atoms with van der Waals surface area (Å²) in [4.78, 5) is 0. The van der Waals surface area contributed by atoms with Crippen molar-refractivity contribution in [1.29, 1.82) is 0 Å². The van der Waals surface area contributed by atoms with Gasteiger partial charge in [0, 0.05) is 0 Å². The van der Waals surface area contributed by atoms with Gasteiger partial charge >= 0.3 is 0 Å². The van der Waals surface area contributed by atoms with Crippen molar-refractivity contribution in [2.75, 3.05) is 0 Å². The fourth-order valence-electron chi connectivity index (χ4n) is 1.38. The molecule has 0 spiro atoms. The fraction of sp³-hybridized carbons (Fsp3) is 0.273. The largest absolute Gasteiger partial charge is 0.220 e. The van der Waals surface area contributed by atoms with Gasteiger partial charge in [0.25, 0.3) is 0 Å². The smallest absolute Gasteiger partial charge is 0.101 e. The van der Waals surface area contributed by atoms with Crippen LogP contribution in [0.25, 0.3) is 5.69 Å². The van der Waals surface area contributed by atoms with Crippen LogP contribution in [0, 0.1) is 0 Å². The molecule has 0 bridgehead atoms. The Morgan fingerprint density at radius 2 is 2.06 bits per heavy atom. The molecule has 0 saturated heterocycles. The lowest BCUT2D eigenvalue weighted by Gasteiger charge is -2.02. The number of hydrogen-bond donors (Lipinski definition) is 0. The van der Waals surface area contributed by atoms with Crippen molar-refractivity contribution < 1.29 is 0 Å². The third kappa shape index (κ3) is 2.73. The van der Waals surface area contributed by atoms with Gasteiger partial charge in [-0.2, -0.15) is 0 Å². The van der Waals surface area contributed by atoms with Gasteiger partial charge in [0.15, 0.2) is 0 Å². The maximum absolute atomic E-state index is 6.08. The molecule has 3 nitrogen and oxygen atoms in total. The summed E-state index contributed by atoms with van der Waals surface area (Å²) in [6.07, 6.45) is 2.60. The average molecular weight is 291 g/mol. The highest BCUT2D eigenvalue weighted by atomic mass is 35.5. The molecule has 0 N–H and O–H groups in total. The Morgan fingerprint density at radius 3 is 2.71 bits per heavy atom. The van der Waals surface area contributed by atoms with Gasteiger partial charge < -0.3 is 0 Å². The standard InChI is InChI=1S/C11H10Cl3N3/c1-2-8(12)11-6-17(16-15-11)7-3-4-9(13)10(14)5-7/h3-6,8H,2H2,1H3. The van der Waals surface area contributed by atoms with E-state index in [4.69, 9.17) is 34.8 Å². The fourth-order valence-corrected chi connectivity index (χ4v) is 1.78. The van der Waals surface area contributed by atoms with E-state index in [-0.39, 0.29) is 5.38 Å². The van der Waals surface area contributed by atoms with E-state index in [1.807, 2.05) is 13.0 Å². The first-order valence-corrected chi connectivity index (χ1v) is 6.32. The quantitative estimate of drug-likeness (QED) is 0.791. The molecule has 0 radical (unpaired) electrons. The summed E-state index contributed by atoms with van der Waals surface area (Å²) in [5.74, 6) is 0. The van der Waals surface area contributed by atoms with Gasteiger partial charge in [-0.1, -0.05) is 35.3 Å². The number of rotatable bonds is 3. The number of alkyl halides is 1. The number of halogens is 3. The number of benzene rings is 1. The van der Waals surface area contributed by atoms with Crippen molar-refractivity contribution in [2.24, 2.45) is 0 Å². The molecular weight excluding hydrogens is 281 g/mol. The average Bonchev–Trinajstić information content (AvgIpc) is 2.81. The summed E-state index contributed by atoms with van der Waals surface area (Å²) in [5, 5.41) is 8.91. The maximum Gasteiger partial charge on any atom is 0.101 e. The van der Waals surface area contributed by atoms with Crippen molar-refractivity contribution in [3.8, 4) is 5.69 Å². The Labute approximate surface area is 114 Å². The van der Waals surface area contributed by atoms with Crippen molar-refractivity contribution in [1.82, 2.24) is 15.0 Å². The highest BCUT2D eigenvalue weighted by Gasteiger charge is 2.11. The SMILES string of the molecule is CCC(Cl)c1cn(-c2ccc(Cl)c(Cl)c2)nn1. The Kier molecular flexibility index (Phi) is 3.92. The molecule has 1 unspecified atom stereocenters. The molecule has 0 fully saturated rings. The number of aromatic nitrogens is 3. The molecule has 6 heteroatoms. The zero-order valence-electron chi connectivity index (χ0n) is 9.07. The van der Waals surface area contributed by atoms with Crippen molar-refractivity contribution in [3.63, 3.8) is 0 Å². The lowest BCUT2D eigenvalue weighted by molar-refractivity contribution is 0.786. The van der Waals surface area contributed by atoms with Crippen LogP contribution in [-0.4, -0.2) is 15.0 Å². The lowest BCUT2D eigenvalue weighted by atomic mass is 10.2. The highest BCUT2D eigenvalue weighted by Crippen LogP contribution is 2.25. The predicted molar refractivity (Wildman–Crippen MR) is 70.3 cm³/mol. The normalized spacial score (nSPS) is 12.7. The number of hydrogen-bond acceptors (Lipinski definition) is 2. The minimum absolute atomic E-state index is 0.119. The van der Waals surface area contributed by atoms with E-state index in [2.05, 4.69) is 10.3 Å². The highest BCUT2D eigenvalue weighted by molar-refractivity contribution is 6.42. The first-order chi connectivity index (χ1) is 8.11. The Balaban J connectivity index is 2.33. The van der Waals surface area contributed by atoms with E-state index in [0.29, 0.717) is 10.0 Å². The predicted octanol–water partition coefficient (Wildman–Crippen LogP) is 4.26. The molecule has 0 saturated carbocycles. The minimum Gasteiger partial charge on any atom is -0.220 e. The van der Waals surface area contributed by atoms with Gasteiger partial charge in [-0.3, -0.25) is 0 Å². The lowest BCUT2D eigenvalue weighted by Crippen LogP contribution is -1.94. The van der Waals surface area contributed by atoms with Crippen LogP contribution in [0.5, 0.6) is 0 Å². The van der Waals surface area contributed by atoms with Crippen molar-refractivity contribution >= 4 is 34.8 Å². The van der Waals surface area contributed by atoms with Crippen LogP contribution in [0.4, 0.5) is 0 Å². The van der Waals surface area contributed by atoms with Gasteiger partial charge in [0.2, 0.25) is 0 Å². The van der Waals surface area contributed by atoms with Gasteiger partial charge in [-0.05, 0) is 24.6 Å². The maximum atomic E-state index is 6.08. The molecule has 1 aromatic carbocycles. The van der Waals surface area contributed by atoms with Crippen LogP contribution in [0.15, 0.2) is 24.4 Å². The van der Waals surface area contributed by atoms with E-state index in [9.17, 15) is 0 Å². The Bertz CT molecular complexity index is 524. The first-order valence-electron chi connectivity index (χ1n) is 5.13. The summed E-state index contributed by atoms with van der Waals surface area (Å²) >= 11 is 17.9. The van der Waals surface area contributed by atoms with E-state index in [0.717, 1.165) is 17.8 Å². The zero-order valence-corrected chi connectivity index (χ0v) is 11.3. The van der Waals surface area contributed by atoms with Crippen LogP contribution in [0.3, 0.4) is 0 Å². The molecule has 0 amide bonds. The molecule has 0 aliphatic carbocycles. The number of nitrogens with zero attached hydrogens (tertiary/aromatic N) is 3. The van der Waals surface area contributed by atoms with Crippen LogP contribution < -0.4 is 0 Å². The van der Waals surface area contributed by atoms with Crippen molar-refractivity contribution in [2.45, 2.75) is 18.7 Å². The Hall–Kier alpha value is -0.770. The van der Waals surface area contributed by atoms with Crippen LogP contribution >= 0.6 is 34.8 Å².